The van der Waals surface area contributed by atoms with Crippen molar-refractivity contribution in [3.63, 3.8) is 0 Å². The van der Waals surface area contributed by atoms with Crippen molar-refractivity contribution in [1.29, 1.82) is 0 Å². The fraction of sp³-hybridized carbons (Fsp3) is 0.111. The normalized spacial score (nSPS) is 18.8. The number of thioether (sulfide) groups is 2. The zero-order valence-corrected chi connectivity index (χ0v) is 19.9. The predicted octanol–water partition coefficient (Wildman–Crippen LogP) is 6.90. The van der Waals surface area contributed by atoms with Gasteiger partial charge in [0.25, 0.3) is 5.91 Å². The van der Waals surface area contributed by atoms with E-state index in [2.05, 4.69) is 54.8 Å². The summed E-state index contributed by atoms with van der Waals surface area (Å²) in [5, 5.41) is 1.66. The highest BCUT2D eigenvalue weighted by Gasteiger charge is 2.39. The lowest BCUT2D eigenvalue weighted by atomic mass is 10.1. The van der Waals surface area contributed by atoms with Crippen LogP contribution in [0.5, 0.6) is 0 Å². The summed E-state index contributed by atoms with van der Waals surface area (Å²) in [4.78, 5) is 24.1. The van der Waals surface area contributed by atoms with E-state index in [4.69, 9.17) is 4.99 Å². The van der Waals surface area contributed by atoms with Crippen molar-refractivity contribution < 1.29 is 4.79 Å². The first-order chi connectivity index (χ1) is 16.2. The van der Waals surface area contributed by atoms with Crippen molar-refractivity contribution >= 4 is 46.0 Å². The Hall–Kier alpha value is -3.22. The second-order valence-corrected chi connectivity index (χ2v) is 9.57. The van der Waals surface area contributed by atoms with E-state index >= 15 is 0 Å². The number of nitrogens with zero attached hydrogens (tertiary/aromatic N) is 3. The molecule has 4 nitrogen and oxygen atoms in total. The Balaban J connectivity index is 1.48. The van der Waals surface area contributed by atoms with Crippen LogP contribution in [0.3, 0.4) is 0 Å². The van der Waals surface area contributed by atoms with E-state index in [0.29, 0.717) is 11.7 Å². The first kappa shape index (κ1) is 21.6. The molecule has 0 radical (unpaired) electrons. The van der Waals surface area contributed by atoms with E-state index < -0.39 is 0 Å². The second-order valence-electron chi connectivity index (χ2n) is 7.56. The summed E-state index contributed by atoms with van der Waals surface area (Å²) in [5.74, 6) is -0.0201. The fourth-order valence-electron chi connectivity index (χ4n) is 3.90. The number of hydrogen-bond donors (Lipinski definition) is 0. The van der Waals surface area contributed by atoms with Crippen molar-refractivity contribution in [2.24, 2.45) is 4.99 Å². The van der Waals surface area contributed by atoms with Gasteiger partial charge in [-0.2, -0.15) is 0 Å². The average Bonchev–Trinajstić information content (AvgIpc) is 3.38. The van der Waals surface area contributed by atoms with Gasteiger partial charge in [0.15, 0.2) is 5.17 Å². The van der Waals surface area contributed by atoms with Crippen LogP contribution in [0.25, 0.3) is 11.1 Å². The van der Waals surface area contributed by atoms with Crippen LogP contribution in [0.15, 0.2) is 111 Å². The third kappa shape index (κ3) is 4.12. The first-order valence-corrected chi connectivity index (χ1v) is 12.5. The average molecular weight is 470 g/mol. The summed E-state index contributed by atoms with van der Waals surface area (Å²) >= 11 is 3.10. The molecule has 3 aromatic carbocycles. The molecule has 2 aliphatic heterocycles. The van der Waals surface area contributed by atoms with Gasteiger partial charge in [0.1, 0.15) is 9.93 Å². The standard InChI is InChI=1S/C27H23N3OS2/c1-3-18-30-25(31)24(26-29(4-2)22-12-8-9-13-23(22)32-26)33-27(30)28-21-16-14-20(15-17-21)19-10-6-5-7-11-19/h3,5-17H,1,4,18H2,2H3/b26-24-,28-27?. The Labute approximate surface area is 202 Å². The summed E-state index contributed by atoms with van der Waals surface area (Å²) in [5.41, 5.74) is 4.28. The molecule has 0 saturated carbocycles. The molecule has 6 heteroatoms. The molecule has 33 heavy (non-hydrogen) atoms. The first-order valence-electron chi connectivity index (χ1n) is 10.8. The Kier molecular flexibility index (Phi) is 6.11. The summed E-state index contributed by atoms with van der Waals surface area (Å²) in [6, 6.07) is 26.7. The zero-order chi connectivity index (χ0) is 22.8. The van der Waals surface area contributed by atoms with Crippen LogP contribution in [-0.2, 0) is 4.79 Å². The van der Waals surface area contributed by atoms with Gasteiger partial charge < -0.3 is 4.90 Å². The second kappa shape index (κ2) is 9.33. The number of amides is 1. The molecular weight excluding hydrogens is 446 g/mol. The molecule has 0 bridgehead atoms. The maximum absolute atomic E-state index is 13.4. The minimum absolute atomic E-state index is 0.0201. The lowest BCUT2D eigenvalue weighted by molar-refractivity contribution is -0.121. The lowest BCUT2D eigenvalue weighted by Gasteiger charge is -2.19. The Morgan fingerprint density at radius 1 is 0.879 bits per heavy atom. The van der Waals surface area contributed by atoms with Gasteiger partial charge in [-0.3, -0.25) is 9.69 Å². The summed E-state index contributed by atoms with van der Waals surface area (Å²) in [6.07, 6.45) is 1.74. The molecule has 164 valence electrons. The molecule has 0 unspecified atom stereocenters. The zero-order valence-electron chi connectivity index (χ0n) is 18.3. The van der Waals surface area contributed by atoms with E-state index in [9.17, 15) is 4.79 Å². The molecule has 0 aromatic heterocycles. The Morgan fingerprint density at radius 2 is 1.58 bits per heavy atom. The number of hydrogen-bond acceptors (Lipinski definition) is 5. The van der Waals surface area contributed by atoms with E-state index in [1.807, 2.05) is 42.5 Å². The van der Waals surface area contributed by atoms with Crippen LogP contribution in [0.2, 0.25) is 0 Å². The van der Waals surface area contributed by atoms with Crippen molar-refractivity contribution in [2.75, 3.05) is 18.0 Å². The third-order valence-corrected chi connectivity index (χ3v) is 7.87. The Morgan fingerprint density at radius 3 is 2.30 bits per heavy atom. The molecule has 1 fully saturated rings. The number of benzene rings is 3. The minimum atomic E-state index is -0.0201. The van der Waals surface area contributed by atoms with Crippen LogP contribution in [-0.4, -0.2) is 29.1 Å². The summed E-state index contributed by atoms with van der Waals surface area (Å²) < 4.78 is 0. The highest BCUT2D eigenvalue weighted by molar-refractivity contribution is 8.19. The number of carbonyl (C=O) groups is 1. The van der Waals surface area contributed by atoms with Gasteiger partial charge in [0, 0.05) is 18.0 Å². The molecular formula is C27H23N3OS2. The monoisotopic (exact) mass is 469 g/mol. The Bertz CT molecular complexity index is 1270. The van der Waals surface area contributed by atoms with E-state index in [1.54, 1.807) is 22.7 Å². The largest absolute Gasteiger partial charge is 0.334 e. The molecule has 3 aromatic rings. The quantitative estimate of drug-likeness (QED) is 0.301. The van der Waals surface area contributed by atoms with Crippen LogP contribution >= 0.6 is 23.5 Å². The van der Waals surface area contributed by atoms with E-state index in [0.717, 1.165) is 33.4 Å². The van der Waals surface area contributed by atoms with Crippen molar-refractivity contribution in [3.05, 3.63) is 101 Å². The number of fused-ring (bicyclic) bond motifs is 1. The van der Waals surface area contributed by atoms with Crippen LogP contribution in [0.4, 0.5) is 11.4 Å². The lowest BCUT2D eigenvalue weighted by Crippen LogP contribution is -2.30. The molecule has 1 amide bonds. The van der Waals surface area contributed by atoms with E-state index in [1.165, 1.54) is 22.2 Å². The molecule has 2 heterocycles. The summed E-state index contributed by atoms with van der Waals surface area (Å²) in [6.45, 7) is 7.17. The molecule has 5 rings (SSSR count). The van der Waals surface area contributed by atoms with Gasteiger partial charge in [-0.15, -0.1) is 6.58 Å². The molecule has 1 saturated heterocycles. The minimum Gasteiger partial charge on any atom is -0.334 e. The molecule has 0 aliphatic carbocycles. The van der Waals surface area contributed by atoms with Crippen LogP contribution in [0, 0.1) is 0 Å². The maximum Gasteiger partial charge on any atom is 0.269 e. The van der Waals surface area contributed by atoms with Crippen molar-refractivity contribution in [2.45, 2.75) is 11.8 Å². The number of aliphatic imine (C=N–C) groups is 1. The smallest absolute Gasteiger partial charge is 0.269 e. The van der Waals surface area contributed by atoms with Crippen molar-refractivity contribution in [3.8, 4) is 11.1 Å². The number of para-hydroxylation sites is 1. The van der Waals surface area contributed by atoms with Crippen LogP contribution in [0.1, 0.15) is 6.92 Å². The number of anilines is 1. The number of carbonyl (C=O) groups excluding carboxylic acids is 1. The van der Waals surface area contributed by atoms with Gasteiger partial charge in [0.2, 0.25) is 0 Å². The predicted molar refractivity (Wildman–Crippen MR) is 141 cm³/mol. The maximum atomic E-state index is 13.4. The van der Waals surface area contributed by atoms with Crippen molar-refractivity contribution in [1.82, 2.24) is 4.90 Å². The van der Waals surface area contributed by atoms with Gasteiger partial charge >= 0.3 is 0 Å². The highest BCUT2D eigenvalue weighted by Crippen LogP contribution is 2.50. The van der Waals surface area contributed by atoms with E-state index in [-0.39, 0.29) is 5.91 Å². The molecule has 0 atom stereocenters. The fourth-order valence-corrected chi connectivity index (χ4v) is 6.30. The van der Waals surface area contributed by atoms with Gasteiger partial charge in [0.05, 0.1) is 11.4 Å². The SMILES string of the molecule is C=CCN1C(=O)/C(=C2/Sc3ccccc3N2CC)SC1=Nc1ccc(-c2ccccc2)cc1. The van der Waals surface area contributed by atoms with Gasteiger partial charge in [-0.1, -0.05) is 72.4 Å². The van der Waals surface area contributed by atoms with Gasteiger partial charge in [-0.25, -0.2) is 4.99 Å². The number of amidine groups is 1. The number of rotatable bonds is 5. The molecule has 2 aliphatic rings. The third-order valence-electron chi connectivity index (χ3n) is 5.49. The topological polar surface area (TPSA) is 35.9 Å². The highest BCUT2D eigenvalue weighted by atomic mass is 32.2. The molecule has 0 spiro atoms. The molecule has 0 N–H and O–H groups in total. The van der Waals surface area contributed by atoms with Crippen LogP contribution < -0.4 is 4.90 Å². The van der Waals surface area contributed by atoms with Gasteiger partial charge in [-0.05, 0) is 54.1 Å². The summed E-state index contributed by atoms with van der Waals surface area (Å²) in [7, 11) is 0.